The van der Waals surface area contributed by atoms with Gasteiger partial charge in [0.25, 0.3) is 0 Å². The lowest BCUT2D eigenvalue weighted by atomic mass is 10.1. The van der Waals surface area contributed by atoms with Crippen LogP contribution in [0.3, 0.4) is 0 Å². The first kappa shape index (κ1) is 16.4. The molecule has 0 aliphatic rings. The molecule has 112 valence electrons. The number of ether oxygens (including phenoxy) is 1. The number of aryl methyl sites for hydroxylation is 1. The maximum Gasteiger partial charge on any atom is 0.339 e. The molecule has 0 aromatic carbocycles. The average molecular weight is 281 g/mol. The van der Waals surface area contributed by atoms with E-state index in [1.807, 2.05) is 4.90 Å². The maximum absolute atomic E-state index is 11.5. The molecule has 0 unspecified atom stereocenters. The number of methoxy groups -OCH3 is 1. The van der Waals surface area contributed by atoms with Gasteiger partial charge in [-0.2, -0.15) is 5.10 Å². The molecule has 0 bridgehead atoms. The number of carboxylic acids is 1. The Morgan fingerprint density at radius 3 is 2.50 bits per heavy atom. The van der Waals surface area contributed by atoms with E-state index in [0.717, 1.165) is 0 Å². The van der Waals surface area contributed by atoms with Crippen molar-refractivity contribution in [1.29, 1.82) is 0 Å². The zero-order valence-electron chi connectivity index (χ0n) is 12.8. The Balaban J connectivity index is 3.24. The van der Waals surface area contributed by atoms with Crippen molar-refractivity contribution in [3.8, 4) is 0 Å². The summed E-state index contributed by atoms with van der Waals surface area (Å²) in [6, 6.07) is 0. The minimum atomic E-state index is -0.971. The third kappa shape index (κ3) is 3.90. The number of aromatic nitrogens is 2. The monoisotopic (exact) mass is 281 g/mol. The summed E-state index contributed by atoms with van der Waals surface area (Å²) in [6.45, 7) is 9.50. The normalized spacial score (nSPS) is 10.9. The van der Waals surface area contributed by atoms with Gasteiger partial charge in [0.1, 0.15) is 5.56 Å². The minimum Gasteiger partial charge on any atom is -0.478 e. The molecule has 0 atom stereocenters. The molecule has 0 saturated carbocycles. The van der Waals surface area contributed by atoms with Gasteiger partial charge >= 0.3 is 5.97 Å². The molecule has 1 aromatic rings. The number of carbonyl (C=O) groups is 1. The second-order valence-electron chi connectivity index (χ2n) is 5.25. The van der Waals surface area contributed by atoms with Crippen LogP contribution in [0.15, 0.2) is 0 Å². The van der Waals surface area contributed by atoms with Crippen LogP contribution in [-0.2, 0) is 4.74 Å². The van der Waals surface area contributed by atoms with Crippen molar-refractivity contribution in [2.45, 2.75) is 27.7 Å². The predicted molar refractivity (Wildman–Crippen MR) is 77.4 cm³/mol. The Hall–Kier alpha value is -1.69. The van der Waals surface area contributed by atoms with Crippen LogP contribution in [0.25, 0.3) is 0 Å². The fourth-order valence-electron chi connectivity index (χ4n) is 2.00. The Morgan fingerprint density at radius 1 is 1.35 bits per heavy atom. The van der Waals surface area contributed by atoms with Crippen LogP contribution < -0.4 is 4.90 Å². The standard InChI is InChI=1S/C14H23N3O3/c1-9(2)8-17(6-7-20-5)13-12(14(18)19)10(3)11(4)15-16-13/h9H,6-8H2,1-5H3,(H,18,19). The Morgan fingerprint density at radius 2 is 2.00 bits per heavy atom. The third-order valence-electron chi connectivity index (χ3n) is 3.10. The zero-order valence-corrected chi connectivity index (χ0v) is 12.8. The molecule has 6 nitrogen and oxygen atoms in total. The highest BCUT2D eigenvalue weighted by Gasteiger charge is 2.22. The molecule has 1 aromatic heterocycles. The lowest BCUT2D eigenvalue weighted by molar-refractivity contribution is 0.0695. The van der Waals surface area contributed by atoms with Gasteiger partial charge in [-0.25, -0.2) is 4.79 Å². The van der Waals surface area contributed by atoms with Crippen LogP contribution in [0.5, 0.6) is 0 Å². The second-order valence-corrected chi connectivity index (χ2v) is 5.25. The highest BCUT2D eigenvalue weighted by molar-refractivity contribution is 5.95. The quantitative estimate of drug-likeness (QED) is 0.822. The number of rotatable bonds is 7. The molecular weight excluding hydrogens is 258 g/mol. The molecule has 6 heteroatoms. The van der Waals surface area contributed by atoms with Crippen molar-refractivity contribution in [1.82, 2.24) is 10.2 Å². The lowest BCUT2D eigenvalue weighted by Crippen LogP contribution is -2.33. The van der Waals surface area contributed by atoms with Gasteiger partial charge in [-0.05, 0) is 25.3 Å². The molecule has 1 rings (SSSR count). The molecule has 0 aliphatic heterocycles. The zero-order chi connectivity index (χ0) is 15.3. The predicted octanol–water partition coefficient (Wildman–Crippen LogP) is 1.90. The highest BCUT2D eigenvalue weighted by Crippen LogP contribution is 2.23. The molecule has 1 heterocycles. The van der Waals surface area contributed by atoms with E-state index < -0.39 is 5.97 Å². The summed E-state index contributed by atoms with van der Waals surface area (Å²) in [7, 11) is 1.62. The topological polar surface area (TPSA) is 75.5 Å². The molecule has 0 fully saturated rings. The number of aromatic carboxylic acids is 1. The maximum atomic E-state index is 11.5. The molecule has 0 radical (unpaired) electrons. The molecular formula is C14H23N3O3. The van der Waals surface area contributed by atoms with E-state index in [1.165, 1.54) is 0 Å². The fraction of sp³-hybridized carbons (Fsp3) is 0.643. The van der Waals surface area contributed by atoms with E-state index in [0.29, 0.717) is 42.7 Å². The van der Waals surface area contributed by atoms with Gasteiger partial charge in [0.15, 0.2) is 5.82 Å². The van der Waals surface area contributed by atoms with Gasteiger partial charge in [0.05, 0.1) is 12.3 Å². The van der Waals surface area contributed by atoms with Gasteiger partial charge in [0, 0.05) is 20.2 Å². The van der Waals surface area contributed by atoms with E-state index in [4.69, 9.17) is 4.74 Å². The van der Waals surface area contributed by atoms with E-state index in [-0.39, 0.29) is 5.56 Å². The first-order valence-electron chi connectivity index (χ1n) is 6.69. The Bertz CT molecular complexity index is 475. The van der Waals surface area contributed by atoms with Crippen LogP contribution in [0.2, 0.25) is 0 Å². The summed E-state index contributed by atoms with van der Waals surface area (Å²) < 4.78 is 5.09. The smallest absolute Gasteiger partial charge is 0.339 e. The fourth-order valence-corrected chi connectivity index (χ4v) is 2.00. The SMILES string of the molecule is COCCN(CC(C)C)c1nnc(C)c(C)c1C(=O)O. The first-order valence-corrected chi connectivity index (χ1v) is 6.69. The molecule has 0 amide bonds. The van der Waals surface area contributed by atoms with Crippen LogP contribution in [0.4, 0.5) is 5.82 Å². The minimum absolute atomic E-state index is 0.231. The number of carboxylic acid groups (broad SMARTS) is 1. The van der Waals surface area contributed by atoms with Crippen molar-refractivity contribution >= 4 is 11.8 Å². The van der Waals surface area contributed by atoms with Gasteiger partial charge in [-0.1, -0.05) is 13.8 Å². The van der Waals surface area contributed by atoms with Crippen molar-refractivity contribution in [3.05, 3.63) is 16.8 Å². The van der Waals surface area contributed by atoms with E-state index in [1.54, 1.807) is 21.0 Å². The summed E-state index contributed by atoms with van der Waals surface area (Å²) in [4.78, 5) is 13.5. The summed E-state index contributed by atoms with van der Waals surface area (Å²) in [5.41, 5.74) is 1.53. The van der Waals surface area contributed by atoms with Gasteiger partial charge < -0.3 is 14.7 Å². The van der Waals surface area contributed by atoms with E-state index in [9.17, 15) is 9.90 Å². The largest absolute Gasteiger partial charge is 0.478 e. The lowest BCUT2D eigenvalue weighted by Gasteiger charge is -2.26. The summed E-state index contributed by atoms with van der Waals surface area (Å²) in [5.74, 6) is -0.162. The van der Waals surface area contributed by atoms with Crippen LogP contribution in [0.1, 0.15) is 35.5 Å². The highest BCUT2D eigenvalue weighted by atomic mass is 16.5. The molecule has 0 spiro atoms. The third-order valence-corrected chi connectivity index (χ3v) is 3.10. The van der Waals surface area contributed by atoms with Crippen molar-refractivity contribution < 1.29 is 14.6 Å². The van der Waals surface area contributed by atoms with Crippen LogP contribution >= 0.6 is 0 Å². The number of hydrogen-bond donors (Lipinski definition) is 1. The molecule has 1 N–H and O–H groups in total. The summed E-state index contributed by atoms with van der Waals surface area (Å²) >= 11 is 0. The van der Waals surface area contributed by atoms with Crippen molar-refractivity contribution in [2.75, 3.05) is 31.7 Å². The Labute approximate surface area is 119 Å². The van der Waals surface area contributed by atoms with E-state index in [2.05, 4.69) is 24.0 Å². The van der Waals surface area contributed by atoms with Gasteiger partial charge in [-0.15, -0.1) is 5.10 Å². The van der Waals surface area contributed by atoms with Crippen molar-refractivity contribution in [3.63, 3.8) is 0 Å². The van der Waals surface area contributed by atoms with Crippen molar-refractivity contribution in [2.24, 2.45) is 5.92 Å². The van der Waals surface area contributed by atoms with Gasteiger partial charge in [0.2, 0.25) is 0 Å². The van der Waals surface area contributed by atoms with E-state index >= 15 is 0 Å². The van der Waals surface area contributed by atoms with Crippen LogP contribution in [0, 0.1) is 19.8 Å². The number of hydrogen-bond acceptors (Lipinski definition) is 5. The Kier molecular flexibility index (Phi) is 5.88. The van der Waals surface area contributed by atoms with Gasteiger partial charge in [-0.3, -0.25) is 0 Å². The number of anilines is 1. The molecule has 0 saturated heterocycles. The summed E-state index contributed by atoms with van der Waals surface area (Å²) in [6.07, 6.45) is 0. The first-order chi connectivity index (χ1) is 9.38. The summed E-state index contributed by atoms with van der Waals surface area (Å²) in [5, 5.41) is 17.6. The number of nitrogens with zero attached hydrogens (tertiary/aromatic N) is 3. The average Bonchev–Trinajstić information content (AvgIpc) is 2.36. The molecule has 20 heavy (non-hydrogen) atoms. The van der Waals surface area contributed by atoms with Crippen LogP contribution in [-0.4, -0.2) is 48.1 Å². The molecule has 0 aliphatic carbocycles. The second kappa shape index (κ2) is 7.19.